The average molecular weight is 373 g/mol. The Kier molecular flexibility index (Phi) is 5.44. The van der Waals surface area contributed by atoms with Crippen molar-refractivity contribution in [2.24, 2.45) is 0 Å². The van der Waals surface area contributed by atoms with Gasteiger partial charge in [0.2, 0.25) is 0 Å². The lowest BCUT2D eigenvalue weighted by molar-refractivity contribution is -0.163. The van der Waals surface area contributed by atoms with Gasteiger partial charge in [0.05, 0.1) is 11.3 Å². The molecule has 0 unspecified atom stereocenters. The van der Waals surface area contributed by atoms with Gasteiger partial charge < -0.3 is 10.1 Å². The number of nitrogens with one attached hydrogen (secondary N) is 1. The molecule has 1 saturated heterocycles. The molecule has 0 aliphatic carbocycles. The fourth-order valence-corrected chi connectivity index (χ4v) is 3.93. The molecule has 26 heavy (non-hydrogen) atoms. The highest BCUT2D eigenvalue weighted by atomic mass is 32.2. The zero-order valence-electron chi connectivity index (χ0n) is 14.8. The van der Waals surface area contributed by atoms with Crippen LogP contribution < -0.4 is 5.32 Å². The largest absolute Gasteiger partial charge is 0.454 e. The van der Waals surface area contributed by atoms with E-state index in [9.17, 15) is 13.2 Å². The molecule has 1 fully saturated rings. The lowest BCUT2D eigenvalue weighted by atomic mass is 9.84. The summed E-state index contributed by atoms with van der Waals surface area (Å²) in [5.74, 6) is -0.303. The van der Waals surface area contributed by atoms with Gasteiger partial charge in [-0.2, -0.15) is 0 Å². The highest BCUT2D eigenvalue weighted by Gasteiger charge is 2.37. The summed E-state index contributed by atoms with van der Waals surface area (Å²) >= 11 is 0. The molecule has 6 heteroatoms. The molecule has 1 N–H and O–H groups in total. The average Bonchev–Trinajstić information content (AvgIpc) is 2.63. The number of sulfone groups is 1. The third-order valence-corrected chi connectivity index (χ3v) is 5.85. The van der Waals surface area contributed by atoms with E-state index in [1.54, 1.807) is 12.1 Å². The molecule has 3 rings (SSSR count). The van der Waals surface area contributed by atoms with E-state index in [-0.39, 0.29) is 17.3 Å². The smallest absolute Gasteiger partial charge is 0.311 e. The first-order valence-corrected chi connectivity index (χ1v) is 10.6. The molecule has 0 radical (unpaired) electrons. The Morgan fingerprint density at radius 2 is 1.65 bits per heavy atom. The van der Waals surface area contributed by atoms with Gasteiger partial charge in [-0.15, -0.1) is 0 Å². The fraction of sp³-hybridized carbons (Fsp3) is 0.350. The topological polar surface area (TPSA) is 72.5 Å². The summed E-state index contributed by atoms with van der Waals surface area (Å²) in [4.78, 5) is 12.8. The van der Waals surface area contributed by atoms with Gasteiger partial charge >= 0.3 is 5.97 Å². The van der Waals surface area contributed by atoms with Crippen LogP contribution in [-0.4, -0.2) is 33.7 Å². The first kappa shape index (κ1) is 18.6. The SMILES string of the molecule is CS(=O)(=O)c1ccc(CC(=O)OC2(c3ccccc3)CCNCC2)cc1. The van der Waals surface area contributed by atoms with Crippen molar-refractivity contribution in [1.29, 1.82) is 0 Å². The maximum atomic E-state index is 12.6. The highest BCUT2D eigenvalue weighted by molar-refractivity contribution is 7.90. The van der Waals surface area contributed by atoms with Crippen molar-refractivity contribution < 1.29 is 17.9 Å². The Morgan fingerprint density at radius 3 is 2.23 bits per heavy atom. The van der Waals surface area contributed by atoms with Crippen molar-refractivity contribution in [3.05, 3.63) is 65.7 Å². The van der Waals surface area contributed by atoms with Gasteiger partial charge in [-0.1, -0.05) is 42.5 Å². The zero-order valence-corrected chi connectivity index (χ0v) is 15.6. The Morgan fingerprint density at radius 1 is 1.04 bits per heavy atom. The van der Waals surface area contributed by atoms with Gasteiger partial charge in [0.15, 0.2) is 9.84 Å². The van der Waals surface area contributed by atoms with Crippen LogP contribution in [0, 0.1) is 0 Å². The zero-order chi connectivity index (χ0) is 18.6. The van der Waals surface area contributed by atoms with Gasteiger partial charge in [-0.3, -0.25) is 4.79 Å². The monoisotopic (exact) mass is 373 g/mol. The van der Waals surface area contributed by atoms with Gasteiger partial charge in [-0.25, -0.2) is 8.42 Å². The van der Waals surface area contributed by atoms with E-state index >= 15 is 0 Å². The van der Waals surface area contributed by atoms with Crippen LogP contribution in [0.2, 0.25) is 0 Å². The van der Waals surface area contributed by atoms with E-state index in [0.717, 1.165) is 43.3 Å². The minimum absolute atomic E-state index is 0.117. The van der Waals surface area contributed by atoms with Crippen LogP contribution in [0.3, 0.4) is 0 Å². The van der Waals surface area contributed by atoms with E-state index in [0.29, 0.717) is 0 Å². The predicted molar refractivity (Wildman–Crippen MR) is 99.6 cm³/mol. The van der Waals surface area contributed by atoms with Crippen LogP contribution in [0.25, 0.3) is 0 Å². The van der Waals surface area contributed by atoms with E-state index in [1.165, 1.54) is 12.1 Å². The quantitative estimate of drug-likeness (QED) is 0.815. The van der Waals surface area contributed by atoms with Crippen molar-refractivity contribution in [3.63, 3.8) is 0 Å². The molecule has 0 atom stereocenters. The molecular weight excluding hydrogens is 350 g/mol. The number of carbonyl (C=O) groups excluding carboxylic acids is 1. The summed E-state index contributed by atoms with van der Waals surface area (Å²) in [6.07, 6.45) is 2.74. The van der Waals surface area contributed by atoms with E-state index in [1.807, 2.05) is 30.3 Å². The Bertz CT molecular complexity index is 854. The summed E-state index contributed by atoms with van der Waals surface area (Å²) in [5, 5.41) is 3.30. The molecule has 0 amide bonds. The van der Waals surface area contributed by atoms with Gasteiger partial charge in [-0.05, 0) is 36.3 Å². The van der Waals surface area contributed by atoms with Crippen molar-refractivity contribution in [2.75, 3.05) is 19.3 Å². The summed E-state index contributed by atoms with van der Waals surface area (Å²) in [6, 6.07) is 16.2. The maximum Gasteiger partial charge on any atom is 0.311 e. The lowest BCUT2D eigenvalue weighted by Gasteiger charge is -2.37. The van der Waals surface area contributed by atoms with E-state index in [2.05, 4.69) is 5.32 Å². The van der Waals surface area contributed by atoms with Crippen LogP contribution in [0.1, 0.15) is 24.0 Å². The van der Waals surface area contributed by atoms with Crippen molar-refractivity contribution in [2.45, 2.75) is 29.8 Å². The number of hydrogen-bond acceptors (Lipinski definition) is 5. The number of ether oxygens (including phenoxy) is 1. The second-order valence-electron chi connectivity index (χ2n) is 6.68. The Labute approximate surface area is 154 Å². The van der Waals surface area contributed by atoms with Crippen LogP contribution in [-0.2, 0) is 31.4 Å². The number of piperidine rings is 1. The van der Waals surface area contributed by atoms with Gasteiger partial charge in [0, 0.05) is 19.1 Å². The van der Waals surface area contributed by atoms with Crippen LogP contribution in [0.5, 0.6) is 0 Å². The number of hydrogen-bond donors (Lipinski definition) is 1. The summed E-state index contributed by atoms with van der Waals surface area (Å²) in [5.41, 5.74) is 1.15. The molecule has 0 saturated carbocycles. The minimum atomic E-state index is -3.24. The van der Waals surface area contributed by atoms with Gasteiger partial charge in [0.25, 0.3) is 0 Å². The third kappa shape index (κ3) is 4.31. The number of rotatable bonds is 5. The highest BCUT2D eigenvalue weighted by Crippen LogP contribution is 2.35. The molecule has 0 aromatic heterocycles. The van der Waals surface area contributed by atoms with E-state index in [4.69, 9.17) is 4.74 Å². The second kappa shape index (κ2) is 7.60. The van der Waals surface area contributed by atoms with Crippen LogP contribution in [0.15, 0.2) is 59.5 Å². The molecule has 2 aromatic carbocycles. The molecule has 1 aliphatic heterocycles. The first-order chi connectivity index (χ1) is 12.4. The van der Waals surface area contributed by atoms with Crippen molar-refractivity contribution in [3.8, 4) is 0 Å². The van der Waals surface area contributed by atoms with Crippen molar-refractivity contribution >= 4 is 15.8 Å². The van der Waals surface area contributed by atoms with Gasteiger partial charge in [0.1, 0.15) is 5.60 Å². The number of esters is 1. The summed E-state index contributed by atoms with van der Waals surface area (Å²) in [6.45, 7) is 1.59. The molecule has 0 bridgehead atoms. The molecule has 1 heterocycles. The Balaban J connectivity index is 1.74. The molecule has 5 nitrogen and oxygen atoms in total. The summed E-state index contributed by atoms with van der Waals surface area (Å²) in [7, 11) is -3.24. The summed E-state index contributed by atoms with van der Waals surface area (Å²) < 4.78 is 29.0. The molecule has 138 valence electrons. The molecular formula is C20H23NO4S. The lowest BCUT2D eigenvalue weighted by Crippen LogP contribution is -2.43. The number of benzene rings is 2. The third-order valence-electron chi connectivity index (χ3n) is 4.72. The second-order valence-corrected chi connectivity index (χ2v) is 8.69. The molecule has 0 spiro atoms. The van der Waals surface area contributed by atoms with E-state index < -0.39 is 15.4 Å². The Hall–Kier alpha value is -2.18. The number of carbonyl (C=O) groups is 1. The van der Waals surface area contributed by atoms with Crippen LogP contribution in [0.4, 0.5) is 0 Å². The normalized spacial score (nSPS) is 16.8. The first-order valence-electron chi connectivity index (χ1n) is 8.66. The minimum Gasteiger partial charge on any atom is -0.454 e. The fourth-order valence-electron chi connectivity index (χ4n) is 3.30. The predicted octanol–water partition coefficient (Wildman–Crippen LogP) is 2.45. The van der Waals surface area contributed by atoms with Crippen LogP contribution >= 0.6 is 0 Å². The molecule has 2 aromatic rings. The maximum absolute atomic E-state index is 12.6. The molecule has 1 aliphatic rings. The standard InChI is InChI=1S/C20H23NO4S/c1-26(23,24)18-9-7-16(8-10-18)15-19(22)25-20(11-13-21-14-12-20)17-5-3-2-4-6-17/h2-10,21H,11-15H2,1H3. The van der Waals surface area contributed by atoms with Crippen molar-refractivity contribution in [1.82, 2.24) is 5.32 Å².